The smallest absolute Gasteiger partial charge is 0.177 e. The summed E-state index contributed by atoms with van der Waals surface area (Å²) >= 11 is 1.30. The van der Waals surface area contributed by atoms with Gasteiger partial charge in [0.25, 0.3) is 0 Å². The van der Waals surface area contributed by atoms with Crippen molar-refractivity contribution in [1.82, 2.24) is 0 Å². The van der Waals surface area contributed by atoms with E-state index in [0.29, 0.717) is 0 Å². The van der Waals surface area contributed by atoms with Gasteiger partial charge in [-0.15, -0.1) is 11.3 Å². The van der Waals surface area contributed by atoms with Crippen molar-refractivity contribution in [2.75, 3.05) is 6.61 Å². The molecule has 1 nitrogen and oxygen atoms in total. The number of ether oxygens (including phenoxy) is 1. The molecule has 2 heterocycles. The second-order valence-electron chi connectivity index (χ2n) is 4.19. The highest BCUT2D eigenvalue weighted by Gasteiger charge is 2.41. The van der Waals surface area contributed by atoms with Crippen LogP contribution >= 0.6 is 11.3 Å². The molecule has 76 valence electrons. The molecule has 0 atom stereocenters. The average Bonchev–Trinajstić information content (AvgIpc) is 2.74. The molecule has 1 saturated carbocycles. The van der Waals surface area contributed by atoms with Crippen LogP contribution in [0.15, 0.2) is 6.07 Å². The molecule has 0 N–H and O–H groups in total. The summed E-state index contributed by atoms with van der Waals surface area (Å²) in [4.78, 5) is 1.22. The van der Waals surface area contributed by atoms with Crippen LogP contribution in [0.3, 0.4) is 0 Å². The van der Waals surface area contributed by atoms with Crippen molar-refractivity contribution in [1.29, 1.82) is 0 Å². The SMILES string of the molecule is Fc1cc2c(s1)CCOC21CCCC1. The highest BCUT2D eigenvalue weighted by Crippen LogP contribution is 2.47. The molecule has 0 radical (unpaired) electrons. The molecule has 3 rings (SSSR count). The lowest BCUT2D eigenvalue weighted by atomic mass is 9.90. The molecule has 1 aromatic rings. The average molecular weight is 212 g/mol. The van der Waals surface area contributed by atoms with Gasteiger partial charge in [-0.1, -0.05) is 12.8 Å². The Kier molecular flexibility index (Phi) is 1.92. The summed E-state index contributed by atoms with van der Waals surface area (Å²) in [5.41, 5.74) is 1.05. The van der Waals surface area contributed by atoms with Crippen molar-refractivity contribution in [2.24, 2.45) is 0 Å². The second-order valence-corrected chi connectivity index (χ2v) is 5.27. The molecule has 1 aliphatic carbocycles. The molecule has 1 spiro atoms. The molecule has 1 aliphatic heterocycles. The molecule has 3 heteroatoms. The quantitative estimate of drug-likeness (QED) is 0.641. The fraction of sp³-hybridized carbons (Fsp3) is 0.636. The first kappa shape index (κ1) is 8.86. The van der Waals surface area contributed by atoms with Crippen LogP contribution in [0.25, 0.3) is 0 Å². The van der Waals surface area contributed by atoms with Crippen molar-refractivity contribution in [3.8, 4) is 0 Å². The van der Waals surface area contributed by atoms with Gasteiger partial charge in [0.15, 0.2) is 5.13 Å². The third kappa shape index (κ3) is 1.15. The first-order valence-corrected chi connectivity index (χ1v) is 6.04. The van der Waals surface area contributed by atoms with Crippen molar-refractivity contribution in [3.05, 3.63) is 21.6 Å². The van der Waals surface area contributed by atoms with E-state index in [4.69, 9.17) is 4.74 Å². The number of thiophene rings is 1. The van der Waals surface area contributed by atoms with Crippen LogP contribution in [0.4, 0.5) is 4.39 Å². The lowest BCUT2D eigenvalue weighted by molar-refractivity contribution is -0.0543. The fourth-order valence-electron chi connectivity index (χ4n) is 2.74. The number of fused-ring (bicyclic) bond motifs is 2. The maximum absolute atomic E-state index is 13.2. The van der Waals surface area contributed by atoms with Gasteiger partial charge in [-0.3, -0.25) is 0 Å². The lowest BCUT2D eigenvalue weighted by Gasteiger charge is -2.33. The van der Waals surface area contributed by atoms with Gasteiger partial charge in [0.05, 0.1) is 12.2 Å². The van der Waals surface area contributed by atoms with E-state index in [1.54, 1.807) is 6.07 Å². The monoisotopic (exact) mass is 212 g/mol. The normalized spacial score (nSPS) is 24.1. The van der Waals surface area contributed by atoms with E-state index in [1.807, 2.05) is 0 Å². The minimum Gasteiger partial charge on any atom is -0.370 e. The van der Waals surface area contributed by atoms with E-state index < -0.39 is 0 Å². The third-order valence-electron chi connectivity index (χ3n) is 3.39. The molecular weight excluding hydrogens is 199 g/mol. The van der Waals surface area contributed by atoms with Crippen molar-refractivity contribution in [3.63, 3.8) is 0 Å². The van der Waals surface area contributed by atoms with Gasteiger partial charge in [-0.2, -0.15) is 4.39 Å². The largest absolute Gasteiger partial charge is 0.370 e. The maximum atomic E-state index is 13.2. The summed E-state index contributed by atoms with van der Waals surface area (Å²) in [5, 5.41) is -0.0493. The maximum Gasteiger partial charge on any atom is 0.177 e. The number of hydrogen-bond acceptors (Lipinski definition) is 2. The van der Waals surface area contributed by atoms with Gasteiger partial charge in [-0.25, -0.2) is 0 Å². The zero-order valence-electron chi connectivity index (χ0n) is 8.01. The Balaban J connectivity index is 2.09. The third-order valence-corrected chi connectivity index (χ3v) is 4.37. The van der Waals surface area contributed by atoms with E-state index in [9.17, 15) is 4.39 Å². The van der Waals surface area contributed by atoms with Crippen molar-refractivity contribution < 1.29 is 9.13 Å². The van der Waals surface area contributed by atoms with Crippen LogP contribution in [-0.2, 0) is 16.8 Å². The van der Waals surface area contributed by atoms with Crippen molar-refractivity contribution in [2.45, 2.75) is 37.7 Å². The van der Waals surface area contributed by atoms with Crippen LogP contribution < -0.4 is 0 Å². The predicted molar refractivity (Wildman–Crippen MR) is 54.1 cm³/mol. The minimum atomic E-state index is -0.103. The van der Waals surface area contributed by atoms with E-state index >= 15 is 0 Å². The summed E-state index contributed by atoms with van der Waals surface area (Å²) in [6.45, 7) is 0.771. The van der Waals surface area contributed by atoms with Crippen LogP contribution in [0.1, 0.15) is 36.1 Å². The predicted octanol–water partition coefficient (Wildman–Crippen LogP) is 3.23. The lowest BCUT2D eigenvalue weighted by Crippen LogP contribution is -2.31. The van der Waals surface area contributed by atoms with Crippen LogP contribution in [0.5, 0.6) is 0 Å². The minimum absolute atomic E-state index is 0.0493. The summed E-state index contributed by atoms with van der Waals surface area (Å²) in [5.74, 6) is 0. The first-order chi connectivity index (χ1) is 6.80. The molecule has 0 aromatic carbocycles. The molecule has 1 aromatic heterocycles. The number of hydrogen-bond donors (Lipinski definition) is 0. The molecule has 2 aliphatic rings. The molecule has 1 fully saturated rings. The van der Waals surface area contributed by atoms with E-state index in [1.165, 1.54) is 29.1 Å². The zero-order chi connectivity index (χ0) is 9.60. The summed E-state index contributed by atoms with van der Waals surface area (Å²) in [6.07, 6.45) is 5.49. The Labute approximate surface area is 86.9 Å². The zero-order valence-corrected chi connectivity index (χ0v) is 8.83. The topological polar surface area (TPSA) is 9.23 Å². The molecule has 0 saturated heterocycles. The van der Waals surface area contributed by atoms with Crippen LogP contribution in [0, 0.1) is 5.13 Å². The van der Waals surface area contributed by atoms with Gasteiger partial charge < -0.3 is 4.74 Å². The highest BCUT2D eigenvalue weighted by atomic mass is 32.1. The molecular formula is C11H13FOS. The van der Waals surface area contributed by atoms with E-state index in [2.05, 4.69) is 0 Å². The fourth-order valence-corrected chi connectivity index (χ4v) is 3.70. The standard InChI is InChI=1S/C11H13FOS/c12-10-7-8-9(14-10)3-6-13-11(8)4-1-2-5-11/h7H,1-6H2. The second kappa shape index (κ2) is 3.04. The number of rotatable bonds is 0. The first-order valence-electron chi connectivity index (χ1n) is 5.23. The van der Waals surface area contributed by atoms with Gasteiger partial charge in [-0.05, 0) is 18.9 Å². The van der Waals surface area contributed by atoms with E-state index in [0.717, 1.165) is 31.4 Å². The summed E-state index contributed by atoms with van der Waals surface area (Å²) < 4.78 is 19.1. The van der Waals surface area contributed by atoms with E-state index in [-0.39, 0.29) is 10.7 Å². The van der Waals surface area contributed by atoms with Crippen molar-refractivity contribution >= 4 is 11.3 Å². The summed E-state index contributed by atoms with van der Waals surface area (Å²) in [7, 11) is 0. The Morgan fingerprint density at radius 2 is 2.14 bits per heavy atom. The van der Waals surface area contributed by atoms with Gasteiger partial charge in [0, 0.05) is 16.9 Å². The molecule has 0 bridgehead atoms. The van der Waals surface area contributed by atoms with Crippen LogP contribution in [-0.4, -0.2) is 6.61 Å². The summed E-state index contributed by atoms with van der Waals surface area (Å²) in [6, 6.07) is 1.70. The van der Waals surface area contributed by atoms with Gasteiger partial charge in [0.2, 0.25) is 0 Å². The number of halogens is 1. The van der Waals surface area contributed by atoms with Gasteiger partial charge >= 0.3 is 0 Å². The highest BCUT2D eigenvalue weighted by molar-refractivity contribution is 7.10. The Morgan fingerprint density at radius 3 is 2.93 bits per heavy atom. The molecule has 14 heavy (non-hydrogen) atoms. The van der Waals surface area contributed by atoms with Gasteiger partial charge in [0.1, 0.15) is 0 Å². The molecule has 0 unspecified atom stereocenters. The molecule has 0 amide bonds. The Morgan fingerprint density at radius 1 is 1.36 bits per heavy atom. The van der Waals surface area contributed by atoms with Crippen LogP contribution in [0.2, 0.25) is 0 Å². The Hall–Kier alpha value is -0.410. The Bertz CT molecular complexity index is 352.